The Morgan fingerprint density at radius 3 is 2.83 bits per heavy atom. The predicted octanol–water partition coefficient (Wildman–Crippen LogP) is 3.19. The van der Waals surface area contributed by atoms with Crippen LogP contribution in [0.15, 0.2) is 18.2 Å². The lowest BCUT2D eigenvalue weighted by Gasteiger charge is -2.18. The zero-order valence-electron chi connectivity index (χ0n) is 11.9. The molecule has 1 heterocycles. The van der Waals surface area contributed by atoms with Gasteiger partial charge < -0.3 is 10.1 Å². The van der Waals surface area contributed by atoms with E-state index in [1.165, 1.54) is 17.5 Å². The van der Waals surface area contributed by atoms with Crippen molar-refractivity contribution in [2.45, 2.75) is 40.0 Å². The number of nitrogens with one attached hydrogen (secondary N) is 1. The van der Waals surface area contributed by atoms with Crippen LogP contribution in [0.25, 0.3) is 0 Å². The molecule has 0 saturated carbocycles. The molecular weight excluding hydrogens is 222 g/mol. The zero-order chi connectivity index (χ0) is 13.0. The van der Waals surface area contributed by atoms with Gasteiger partial charge in [-0.25, -0.2) is 0 Å². The summed E-state index contributed by atoms with van der Waals surface area (Å²) in [6, 6.07) is 6.61. The Labute approximate surface area is 111 Å². The number of hydrogen-bond donors (Lipinski definition) is 1. The minimum Gasteiger partial charge on any atom is -0.493 e. The summed E-state index contributed by atoms with van der Waals surface area (Å²) in [6.45, 7) is 9.88. The molecule has 1 aliphatic heterocycles. The van der Waals surface area contributed by atoms with Gasteiger partial charge in [0.25, 0.3) is 0 Å². The zero-order valence-corrected chi connectivity index (χ0v) is 11.9. The fourth-order valence-corrected chi connectivity index (χ4v) is 2.22. The van der Waals surface area contributed by atoms with E-state index in [9.17, 15) is 0 Å². The number of fused-ring (bicyclic) bond motifs is 1. The largest absolute Gasteiger partial charge is 0.493 e. The summed E-state index contributed by atoms with van der Waals surface area (Å²) in [5.41, 5.74) is 3.22. The Hall–Kier alpha value is -1.02. The molecule has 1 N–H and O–H groups in total. The standard InChI is InChI=1S/C16H25NO/c1-16(2,3)8-10-17-9-6-13-4-5-15-14(12-13)7-11-18-15/h4-5,12,17H,6-11H2,1-3H3. The average Bonchev–Trinajstić information content (AvgIpc) is 2.74. The van der Waals surface area contributed by atoms with Crippen LogP contribution in [0.3, 0.4) is 0 Å². The van der Waals surface area contributed by atoms with E-state index in [0.29, 0.717) is 5.41 Å². The molecule has 2 heteroatoms. The first-order valence-electron chi connectivity index (χ1n) is 7.00. The molecular formula is C16H25NO. The lowest BCUT2D eigenvalue weighted by Crippen LogP contribution is -2.22. The van der Waals surface area contributed by atoms with E-state index in [-0.39, 0.29) is 0 Å². The monoisotopic (exact) mass is 247 g/mol. The fraction of sp³-hybridized carbons (Fsp3) is 0.625. The van der Waals surface area contributed by atoms with Crippen molar-refractivity contribution in [1.82, 2.24) is 5.32 Å². The third-order valence-electron chi connectivity index (χ3n) is 3.40. The van der Waals surface area contributed by atoms with E-state index in [4.69, 9.17) is 4.74 Å². The third-order valence-corrected chi connectivity index (χ3v) is 3.40. The maximum atomic E-state index is 5.52. The molecule has 1 aliphatic rings. The van der Waals surface area contributed by atoms with Crippen LogP contribution >= 0.6 is 0 Å². The quantitative estimate of drug-likeness (QED) is 0.807. The average molecular weight is 247 g/mol. The molecule has 0 atom stereocenters. The highest BCUT2D eigenvalue weighted by Crippen LogP contribution is 2.25. The number of ether oxygens (including phenoxy) is 1. The first kappa shape index (κ1) is 13.4. The van der Waals surface area contributed by atoms with Crippen molar-refractivity contribution >= 4 is 0 Å². The van der Waals surface area contributed by atoms with Crippen molar-refractivity contribution < 1.29 is 4.74 Å². The third kappa shape index (κ3) is 4.02. The van der Waals surface area contributed by atoms with Crippen molar-refractivity contribution in [3.8, 4) is 5.75 Å². The van der Waals surface area contributed by atoms with Gasteiger partial charge in [-0.3, -0.25) is 0 Å². The van der Waals surface area contributed by atoms with Gasteiger partial charge in [0.2, 0.25) is 0 Å². The molecule has 18 heavy (non-hydrogen) atoms. The minimum absolute atomic E-state index is 0.428. The van der Waals surface area contributed by atoms with Gasteiger partial charge in [-0.15, -0.1) is 0 Å². The molecule has 1 aromatic rings. The Morgan fingerprint density at radius 2 is 2.06 bits per heavy atom. The van der Waals surface area contributed by atoms with Crippen molar-refractivity contribution in [1.29, 1.82) is 0 Å². The van der Waals surface area contributed by atoms with Gasteiger partial charge in [0.05, 0.1) is 6.61 Å². The van der Waals surface area contributed by atoms with Gasteiger partial charge in [0.1, 0.15) is 5.75 Å². The molecule has 0 spiro atoms. The van der Waals surface area contributed by atoms with Crippen LogP contribution in [0.4, 0.5) is 0 Å². The van der Waals surface area contributed by atoms with Crippen LogP contribution in [0.1, 0.15) is 38.3 Å². The smallest absolute Gasteiger partial charge is 0.122 e. The molecule has 0 aliphatic carbocycles. The first-order valence-corrected chi connectivity index (χ1v) is 7.00. The van der Waals surface area contributed by atoms with Crippen LogP contribution < -0.4 is 10.1 Å². The van der Waals surface area contributed by atoms with Crippen LogP contribution in [-0.4, -0.2) is 19.7 Å². The van der Waals surface area contributed by atoms with Gasteiger partial charge in [-0.2, -0.15) is 0 Å². The maximum absolute atomic E-state index is 5.52. The molecule has 0 bridgehead atoms. The predicted molar refractivity (Wildman–Crippen MR) is 76.3 cm³/mol. The second-order valence-corrected chi connectivity index (χ2v) is 6.35. The molecule has 0 radical (unpaired) electrons. The molecule has 2 rings (SSSR count). The maximum Gasteiger partial charge on any atom is 0.122 e. The second-order valence-electron chi connectivity index (χ2n) is 6.35. The lowest BCUT2D eigenvalue weighted by atomic mass is 9.92. The SMILES string of the molecule is CC(C)(C)CCNCCc1ccc2c(c1)CCO2. The van der Waals surface area contributed by atoms with Gasteiger partial charge in [0, 0.05) is 6.42 Å². The molecule has 0 amide bonds. The number of rotatable bonds is 5. The van der Waals surface area contributed by atoms with Crippen LogP contribution in [0.5, 0.6) is 5.75 Å². The van der Waals surface area contributed by atoms with E-state index in [0.717, 1.165) is 38.3 Å². The summed E-state index contributed by atoms with van der Waals surface area (Å²) in [7, 11) is 0. The van der Waals surface area contributed by atoms with Crippen LogP contribution in [0, 0.1) is 5.41 Å². The van der Waals surface area contributed by atoms with E-state index >= 15 is 0 Å². The summed E-state index contributed by atoms with van der Waals surface area (Å²) in [5, 5.41) is 3.53. The van der Waals surface area contributed by atoms with E-state index in [1.807, 2.05) is 0 Å². The van der Waals surface area contributed by atoms with Gasteiger partial charge >= 0.3 is 0 Å². The number of hydrogen-bond acceptors (Lipinski definition) is 2. The summed E-state index contributed by atoms with van der Waals surface area (Å²) in [4.78, 5) is 0. The highest BCUT2D eigenvalue weighted by molar-refractivity contribution is 5.39. The Balaban J connectivity index is 1.71. The summed E-state index contributed by atoms with van der Waals surface area (Å²) in [6.07, 6.45) is 3.41. The van der Waals surface area contributed by atoms with Crippen molar-refractivity contribution in [2.24, 2.45) is 5.41 Å². The van der Waals surface area contributed by atoms with Crippen molar-refractivity contribution in [2.75, 3.05) is 19.7 Å². The molecule has 1 aromatic carbocycles. The van der Waals surface area contributed by atoms with E-state index in [2.05, 4.69) is 44.3 Å². The molecule has 0 fully saturated rings. The van der Waals surface area contributed by atoms with Crippen molar-refractivity contribution in [3.63, 3.8) is 0 Å². The lowest BCUT2D eigenvalue weighted by molar-refractivity contribution is 0.356. The van der Waals surface area contributed by atoms with Gasteiger partial charge in [-0.1, -0.05) is 32.9 Å². The van der Waals surface area contributed by atoms with E-state index in [1.54, 1.807) is 0 Å². The first-order chi connectivity index (χ1) is 8.54. The van der Waals surface area contributed by atoms with Gasteiger partial charge in [-0.05, 0) is 48.5 Å². The molecule has 2 nitrogen and oxygen atoms in total. The van der Waals surface area contributed by atoms with Crippen LogP contribution in [0.2, 0.25) is 0 Å². The molecule has 0 aromatic heterocycles. The molecule has 0 unspecified atom stereocenters. The molecule has 0 saturated heterocycles. The van der Waals surface area contributed by atoms with E-state index < -0.39 is 0 Å². The Morgan fingerprint density at radius 1 is 1.22 bits per heavy atom. The normalized spacial score (nSPS) is 14.4. The fourth-order valence-electron chi connectivity index (χ4n) is 2.22. The van der Waals surface area contributed by atoms with Crippen LogP contribution in [-0.2, 0) is 12.8 Å². The summed E-state index contributed by atoms with van der Waals surface area (Å²) < 4.78 is 5.52. The number of benzene rings is 1. The van der Waals surface area contributed by atoms with Gasteiger partial charge in [0.15, 0.2) is 0 Å². The van der Waals surface area contributed by atoms with Crippen molar-refractivity contribution in [3.05, 3.63) is 29.3 Å². The second kappa shape index (κ2) is 5.75. The topological polar surface area (TPSA) is 21.3 Å². The highest BCUT2D eigenvalue weighted by Gasteiger charge is 2.12. The minimum atomic E-state index is 0.428. The Bertz CT molecular complexity index is 393. The highest BCUT2D eigenvalue weighted by atomic mass is 16.5. The molecule has 100 valence electrons. The Kier molecular flexibility index (Phi) is 4.28. The summed E-state index contributed by atoms with van der Waals surface area (Å²) in [5.74, 6) is 1.08. The summed E-state index contributed by atoms with van der Waals surface area (Å²) >= 11 is 0.